The third-order valence-corrected chi connectivity index (χ3v) is 1.49. The monoisotopic (exact) mass is 137 g/mol. The molecule has 1 aliphatic heterocycles. The molecule has 9 heavy (non-hydrogen) atoms. The predicted octanol–water partition coefficient (Wildman–Crippen LogP) is 0.225. The van der Waals surface area contributed by atoms with Crippen LogP contribution in [0.1, 0.15) is 0 Å². The zero-order valence-electron chi connectivity index (χ0n) is 4.89. The van der Waals surface area contributed by atoms with Crippen LogP contribution in [0.2, 0.25) is 0 Å². The van der Waals surface area contributed by atoms with Crippen molar-refractivity contribution in [1.82, 2.24) is 0 Å². The van der Waals surface area contributed by atoms with E-state index in [2.05, 4.69) is 0 Å². The lowest BCUT2D eigenvalue weighted by molar-refractivity contribution is 0.0626. The second-order valence-corrected chi connectivity index (χ2v) is 2.20. The normalized spacial score (nSPS) is 36.0. The minimum Gasteiger partial charge on any atom is -0.379 e. The van der Waals surface area contributed by atoms with Crippen molar-refractivity contribution in [1.29, 1.82) is 0 Å². The minimum absolute atomic E-state index is 0.110. The first kappa shape index (κ1) is 6.89. The highest BCUT2D eigenvalue weighted by molar-refractivity contribution is 4.79. The zero-order valence-corrected chi connectivity index (χ0v) is 4.89. The van der Waals surface area contributed by atoms with Crippen molar-refractivity contribution in [3.63, 3.8) is 0 Å². The quantitative estimate of drug-likeness (QED) is 0.561. The molecule has 0 radical (unpaired) electrons. The molecule has 0 spiro atoms. The first-order valence-electron chi connectivity index (χ1n) is 2.83. The predicted molar refractivity (Wildman–Crippen MR) is 28.3 cm³/mol. The third kappa shape index (κ3) is 1.37. The van der Waals surface area contributed by atoms with Gasteiger partial charge in [-0.2, -0.15) is 0 Å². The summed E-state index contributed by atoms with van der Waals surface area (Å²) in [6, 6.07) is -0.468. The lowest BCUT2D eigenvalue weighted by atomic mass is 10.1. The summed E-state index contributed by atoms with van der Waals surface area (Å²) in [4.78, 5) is 0. The summed E-state index contributed by atoms with van der Waals surface area (Å²) in [6.45, 7) is 0.383. The molecule has 0 unspecified atom stereocenters. The van der Waals surface area contributed by atoms with Crippen LogP contribution >= 0.6 is 0 Å². The van der Waals surface area contributed by atoms with Crippen molar-refractivity contribution < 1.29 is 13.5 Å². The molecule has 0 amide bonds. The van der Waals surface area contributed by atoms with Crippen LogP contribution in [0.25, 0.3) is 0 Å². The van der Waals surface area contributed by atoms with Crippen LogP contribution in [0.4, 0.5) is 8.78 Å². The molecule has 1 fully saturated rings. The number of alkyl halides is 2. The summed E-state index contributed by atoms with van der Waals surface area (Å²) in [6.07, 6.45) is -2.33. The maximum absolute atomic E-state index is 11.8. The van der Waals surface area contributed by atoms with Crippen LogP contribution in [0, 0.1) is 5.92 Å². The number of hydrogen-bond acceptors (Lipinski definition) is 2. The van der Waals surface area contributed by atoms with Crippen LogP contribution in [0.5, 0.6) is 0 Å². The molecule has 2 nitrogen and oxygen atoms in total. The van der Waals surface area contributed by atoms with E-state index >= 15 is 0 Å². The van der Waals surface area contributed by atoms with E-state index in [1.165, 1.54) is 0 Å². The minimum atomic E-state index is -2.33. The van der Waals surface area contributed by atoms with Gasteiger partial charge in [-0.15, -0.1) is 0 Å². The van der Waals surface area contributed by atoms with Crippen molar-refractivity contribution in [2.75, 3.05) is 13.2 Å². The molecule has 0 aromatic heterocycles. The Morgan fingerprint density at radius 2 is 2.11 bits per heavy atom. The molecule has 2 N–H and O–H groups in total. The van der Waals surface area contributed by atoms with Gasteiger partial charge in [0, 0.05) is 6.04 Å². The Balaban J connectivity index is 2.40. The first-order chi connectivity index (χ1) is 4.22. The SMILES string of the molecule is N[C@@H]1COC[C@H]1C(F)F. The van der Waals surface area contributed by atoms with Crippen molar-refractivity contribution in [2.24, 2.45) is 11.7 Å². The van der Waals surface area contributed by atoms with Gasteiger partial charge in [-0.1, -0.05) is 0 Å². The molecule has 1 saturated heterocycles. The van der Waals surface area contributed by atoms with Crippen LogP contribution < -0.4 is 5.73 Å². The third-order valence-electron chi connectivity index (χ3n) is 1.49. The lowest BCUT2D eigenvalue weighted by Gasteiger charge is -2.09. The number of nitrogens with two attached hydrogens (primary N) is 1. The maximum atomic E-state index is 11.8. The molecule has 1 rings (SSSR count). The molecular weight excluding hydrogens is 128 g/mol. The van der Waals surface area contributed by atoms with Gasteiger partial charge in [0.15, 0.2) is 0 Å². The van der Waals surface area contributed by atoms with E-state index in [0.29, 0.717) is 0 Å². The van der Waals surface area contributed by atoms with Crippen LogP contribution in [0.3, 0.4) is 0 Å². The van der Waals surface area contributed by atoms with Crippen molar-refractivity contribution in [2.45, 2.75) is 12.5 Å². The van der Waals surface area contributed by atoms with Gasteiger partial charge in [-0.3, -0.25) is 0 Å². The Hall–Kier alpha value is -0.220. The van der Waals surface area contributed by atoms with E-state index in [0.717, 1.165) is 0 Å². The van der Waals surface area contributed by atoms with Crippen LogP contribution in [-0.2, 0) is 4.74 Å². The smallest absolute Gasteiger partial charge is 0.245 e. The lowest BCUT2D eigenvalue weighted by Crippen LogP contribution is -2.32. The summed E-state index contributed by atoms with van der Waals surface area (Å²) >= 11 is 0. The highest BCUT2D eigenvalue weighted by Crippen LogP contribution is 2.18. The van der Waals surface area contributed by atoms with Gasteiger partial charge < -0.3 is 10.5 Å². The van der Waals surface area contributed by atoms with E-state index in [9.17, 15) is 8.78 Å². The molecule has 0 aromatic rings. The van der Waals surface area contributed by atoms with Gasteiger partial charge in [0.25, 0.3) is 0 Å². The van der Waals surface area contributed by atoms with Crippen molar-refractivity contribution >= 4 is 0 Å². The fraction of sp³-hybridized carbons (Fsp3) is 1.00. The zero-order chi connectivity index (χ0) is 6.85. The first-order valence-corrected chi connectivity index (χ1v) is 2.83. The Bertz CT molecular complexity index is 99.0. The molecule has 1 aliphatic rings. The Morgan fingerprint density at radius 3 is 2.33 bits per heavy atom. The van der Waals surface area contributed by atoms with Crippen LogP contribution in [-0.4, -0.2) is 25.7 Å². The number of hydrogen-bond donors (Lipinski definition) is 1. The average molecular weight is 137 g/mol. The van der Waals surface area contributed by atoms with E-state index in [1.807, 2.05) is 0 Å². The summed E-state index contributed by atoms with van der Waals surface area (Å²) in [5, 5.41) is 0. The molecule has 1 heterocycles. The van der Waals surface area contributed by atoms with Gasteiger partial charge >= 0.3 is 0 Å². The average Bonchev–Trinajstić information content (AvgIpc) is 2.13. The highest BCUT2D eigenvalue weighted by Gasteiger charge is 2.32. The molecule has 0 aromatic carbocycles. The maximum Gasteiger partial charge on any atom is 0.245 e. The molecule has 0 saturated carbocycles. The van der Waals surface area contributed by atoms with E-state index in [1.54, 1.807) is 0 Å². The second-order valence-electron chi connectivity index (χ2n) is 2.20. The van der Waals surface area contributed by atoms with E-state index in [-0.39, 0.29) is 13.2 Å². The molecule has 2 atom stereocenters. The molecule has 54 valence electrons. The topological polar surface area (TPSA) is 35.2 Å². The summed E-state index contributed by atoms with van der Waals surface area (Å²) in [5.74, 6) is -0.745. The Labute approximate surface area is 52.0 Å². The summed E-state index contributed by atoms with van der Waals surface area (Å²) in [7, 11) is 0. The standard InChI is InChI=1S/C5H9F2NO/c6-5(7)3-1-9-2-4(3)8/h3-5H,1-2,8H2/t3-,4-/m1/s1. The fourth-order valence-corrected chi connectivity index (χ4v) is 0.847. The van der Waals surface area contributed by atoms with E-state index < -0.39 is 18.4 Å². The highest BCUT2D eigenvalue weighted by atomic mass is 19.3. The summed E-state index contributed by atoms with van der Waals surface area (Å²) < 4.78 is 28.4. The van der Waals surface area contributed by atoms with Gasteiger partial charge in [0.1, 0.15) is 0 Å². The molecule has 4 heteroatoms. The van der Waals surface area contributed by atoms with Gasteiger partial charge in [0.2, 0.25) is 6.43 Å². The second kappa shape index (κ2) is 2.58. The van der Waals surface area contributed by atoms with Crippen LogP contribution in [0.15, 0.2) is 0 Å². The fourth-order valence-electron chi connectivity index (χ4n) is 0.847. The van der Waals surface area contributed by atoms with Gasteiger partial charge in [-0.25, -0.2) is 8.78 Å². The molecular formula is C5H9F2NO. The van der Waals surface area contributed by atoms with Gasteiger partial charge in [-0.05, 0) is 0 Å². The van der Waals surface area contributed by atoms with Gasteiger partial charge in [0.05, 0.1) is 19.1 Å². The summed E-state index contributed by atoms with van der Waals surface area (Å²) in [5.41, 5.74) is 5.27. The Morgan fingerprint density at radius 1 is 1.44 bits per heavy atom. The number of halogens is 2. The largest absolute Gasteiger partial charge is 0.379 e. The van der Waals surface area contributed by atoms with Crippen molar-refractivity contribution in [3.8, 4) is 0 Å². The number of rotatable bonds is 1. The Kier molecular flexibility index (Phi) is 1.97. The molecule has 0 bridgehead atoms. The van der Waals surface area contributed by atoms with Crippen molar-refractivity contribution in [3.05, 3.63) is 0 Å². The number of ether oxygens (including phenoxy) is 1. The molecule has 0 aliphatic carbocycles. The van der Waals surface area contributed by atoms with E-state index in [4.69, 9.17) is 10.5 Å².